The first-order valence-corrected chi connectivity index (χ1v) is 8.43. The molecule has 0 saturated carbocycles. The van der Waals surface area contributed by atoms with E-state index in [9.17, 15) is 4.79 Å². The number of hydrogen-bond donors (Lipinski definition) is 1. The number of nitrogens with one attached hydrogen (secondary N) is 1. The van der Waals surface area contributed by atoms with Gasteiger partial charge >= 0.3 is 5.97 Å². The average Bonchev–Trinajstić information content (AvgIpc) is 2.93. The second-order valence-corrected chi connectivity index (χ2v) is 6.52. The van der Waals surface area contributed by atoms with Crippen LogP contribution in [0.2, 0.25) is 10.0 Å². The van der Waals surface area contributed by atoms with Crippen LogP contribution in [0.15, 0.2) is 36.4 Å². The van der Waals surface area contributed by atoms with E-state index in [1.54, 1.807) is 19.2 Å². The zero-order valence-corrected chi connectivity index (χ0v) is 15.4. The maximum atomic E-state index is 11.9. The third-order valence-electron chi connectivity index (χ3n) is 4.09. The number of rotatable bonds is 5. The summed E-state index contributed by atoms with van der Waals surface area (Å²) in [4.78, 5) is 15.2. The number of aromatic amines is 1. The van der Waals surface area contributed by atoms with E-state index in [-0.39, 0.29) is 5.97 Å². The first-order chi connectivity index (χ1) is 12.0. The molecule has 1 heterocycles. The Morgan fingerprint density at radius 3 is 2.60 bits per heavy atom. The number of H-pyrrole nitrogens is 1. The third-order valence-corrected chi connectivity index (χ3v) is 4.67. The van der Waals surface area contributed by atoms with Gasteiger partial charge in [0.2, 0.25) is 0 Å². The molecule has 6 heteroatoms. The highest BCUT2D eigenvalue weighted by Gasteiger charge is 2.16. The van der Waals surface area contributed by atoms with Crippen LogP contribution in [0, 0.1) is 0 Å². The van der Waals surface area contributed by atoms with Gasteiger partial charge in [-0.3, -0.25) is 0 Å². The SMILES string of the molecule is COCc1[nH]c2ccc(C(=O)OC)cc2c1Cc1ccc(Cl)cc1Cl. The molecule has 0 saturated heterocycles. The van der Waals surface area contributed by atoms with E-state index in [2.05, 4.69) is 4.98 Å². The molecule has 0 aliphatic carbocycles. The van der Waals surface area contributed by atoms with Crippen LogP contribution < -0.4 is 0 Å². The van der Waals surface area contributed by atoms with Crippen molar-refractivity contribution >= 4 is 40.1 Å². The highest BCUT2D eigenvalue weighted by atomic mass is 35.5. The monoisotopic (exact) mass is 377 g/mol. The second-order valence-electron chi connectivity index (χ2n) is 5.68. The Morgan fingerprint density at radius 1 is 1.12 bits per heavy atom. The van der Waals surface area contributed by atoms with Crippen LogP contribution in [-0.2, 0) is 22.5 Å². The van der Waals surface area contributed by atoms with Crippen molar-refractivity contribution in [1.29, 1.82) is 0 Å². The Kier molecular flexibility index (Phi) is 5.33. The van der Waals surface area contributed by atoms with E-state index in [1.165, 1.54) is 7.11 Å². The molecule has 25 heavy (non-hydrogen) atoms. The van der Waals surface area contributed by atoms with Gasteiger partial charge in [-0.1, -0.05) is 29.3 Å². The molecule has 0 atom stereocenters. The van der Waals surface area contributed by atoms with E-state index < -0.39 is 0 Å². The molecule has 1 N–H and O–H groups in total. The first-order valence-electron chi connectivity index (χ1n) is 7.68. The fourth-order valence-electron chi connectivity index (χ4n) is 2.87. The molecular weight excluding hydrogens is 361 g/mol. The van der Waals surface area contributed by atoms with Gasteiger partial charge in [0.05, 0.1) is 19.3 Å². The summed E-state index contributed by atoms with van der Waals surface area (Å²) >= 11 is 12.3. The number of hydrogen-bond acceptors (Lipinski definition) is 3. The minimum absolute atomic E-state index is 0.369. The summed E-state index contributed by atoms with van der Waals surface area (Å²) in [6.45, 7) is 0.433. The number of halogens is 2. The van der Waals surface area contributed by atoms with Crippen LogP contribution in [0.5, 0.6) is 0 Å². The van der Waals surface area contributed by atoms with E-state index in [1.807, 2.05) is 24.3 Å². The number of esters is 1. The molecule has 0 bridgehead atoms. The number of aromatic nitrogens is 1. The molecule has 3 rings (SSSR count). The second kappa shape index (κ2) is 7.48. The number of fused-ring (bicyclic) bond motifs is 1. The number of methoxy groups -OCH3 is 2. The molecule has 0 spiro atoms. The minimum Gasteiger partial charge on any atom is -0.465 e. The van der Waals surface area contributed by atoms with Gasteiger partial charge in [0.15, 0.2) is 0 Å². The van der Waals surface area contributed by atoms with Gasteiger partial charge in [0, 0.05) is 40.2 Å². The van der Waals surface area contributed by atoms with E-state index in [0.717, 1.165) is 27.7 Å². The molecule has 4 nitrogen and oxygen atoms in total. The van der Waals surface area contributed by atoms with E-state index >= 15 is 0 Å². The largest absolute Gasteiger partial charge is 0.465 e. The summed E-state index contributed by atoms with van der Waals surface area (Å²) < 4.78 is 10.1. The highest BCUT2D eigenvalue weighted by molar-refractivity contribution is 6.35. The van der Waals surface area contributed by atoms with Crippen LogP contribution in [0.1, 0.15) is 27.2 Å². The van der Waals surface area contributed by atoms with Gasteiger partial charge in [-0.2, -0.15) is 0 Å². The lowest BCUT2D eigenvalue weighted by molar-refractivity contribution is 0.0601. The zero-order chi connectivity index (χ0) is 18.0. The molecule has 0 aliphatic rings. The topological polar surface area (TPSA) is 51.3 Å². The smallest absolute Gasteiger partial charge is 0.337 e. The van der Waals surface area contributed by atoms with Crippen molar-refractivity contribution in [3.8, 4) is 0 Å². The lowest BCUT2D eigenvalue weighted by atomic mass is 10.0. The van der Waals surface area contributed by atoms with E-state index in [0.29, 0.717) is 28.6 Å². The van der Waals surface area contributed by atoms with Crippen molar-refractivity contribution in [2.75, 3.05) is 14.2 Å². The van der Waals surface area contributed by atoms with Gasteiger partial charge in [0.1, 0.15) is 0 Å². The Balaban J connectivity index is 2.12. The van der Waals surface area contributed by atoms with Crippen LogP contribution in [0.3, 0.4) is 0 Å². The Hall–Kier alpha value is -2.01. The number of carbonyl (C=O) groups excluding carboxylic acids is 1. The van der Waals surface area contributed by atoms with Gasteiger partial charge in [-0.05, 0) is 41.5 Å². The highest BCUT2D eigenvalue weighted by Crippen LogP contribution is 2.30. The first kappa shape index (κ1) is 17.8. The molecule has 3 aromatic rings. The van der Waals surface area contributed by atoms with Crippen LogP contribution in [-0.4, -0.2) is 25.2 Å². The summed E-state index contributed by atoms with van der Waals surface area (Å²) in [5.41, 5.74) is 4.37. The molecule has 2 aromatic carbocycles. The van der Waals surface area contributed by atoms with Crippen LogP contribution >= 0.6 is 23.2 Å². The van der Waals surface area contributed by atoms with Crippen molar-refractivity contribution in [2.24, 2.45) is 0 Å². The number of ether oxygens (including phenoxy) is 2. The summed E-state index contributed by atoms with van der Waals surface area (Å²) in [7, 11) is 3.01. The molecule has 0 aliphatic heterocycles. The van der Waals surface area contributed by atoms with Crippen LogP contribution in [0.4, 0.5) is 0 Å². The van der Waals surface area contributed by atoms with Gasteiger partial charge in [-0.25, -0.2) is 4.79 Å². The molecule has 0 fully saturated rings. The van der Waals surface area contributed by atoms with Crippen molar-refractivity contribution in [1.82, 2.24) is 4.98 Å². The Labute approximate surface area is 155 Å². The van der Waals surface area contributed by atoms with Crippen molar-refractivity contribution < 1.29 is 14.3 Å². The fraction of sp³-hybridized carbons (Fsp3) is 0.211. The summed E-state index contributed by atoms with van der Waals surface area (Å²) in [5, 5.41) is 2.15. The van der Waals surface area contributed by atoms with Crippen molar-refractivity contribution in [3.63, 3.8) is 0 Å². The standard InChI is InChI=1S/C19H17Cl2NO3/c1-24-10-18-15(7-11-3-5-13(20)9-16(11)21)14-8-12(19(23)25-2)4-6-17(14)22-18/h3-6,8-9,22H,7,10H2,1-2H3. The average molecular weight is 378 g/mol. The minimum atomic E-state index is -0.369. The number of benzene rings is 2. The van der Waals surface area contributed by atoms with Gasteiger partial charge < -0.3 is 14.5 Å². The quantitative estimate of drug-likeness (QED) is 0.636. The molecule has 130 valence electrons. The lowest BCUT2D eigenvalue weighted by Crippen LogP contribution is -2.01. The molecule has 0 amide bonds. The van der Waals surface area contributed by atoms with Gasteiger partial charge in [0.25, 0.3) is 0 Å². The molecular formula is C19H17Cl2NO3. The van der Waals surface area contributed by atoms with Crippen molar-refractivity contribution in [2.45, 2.75) is 13.0 Å². The molecule has 1 aromatic heterocycles. The molecule has 0 unspecified atom stereocenters. The molecule has 0 radical (unpaired) electrons. The zero-order valence-electron chi connectivity index (χ0n) is 13.9. The third kappa shape index (κ3) is 3.66. The summed E-state index contributed by atoms with van der Waals surface area (Å²) in [6.07, 6.45) is 0.597. The predicted octanol–water partition coefficient (Wildman–Crippen LogP) is 5.00. The van der Waals surface area contributed by atoms with E-state index in [4.69, 9.17) is 32.7 Å². The predicted molar refractivity (Wildman–Crippen MR) is 99.6 cm³/mol. The summed E-state index contributed by atoms with van der Waals surface area (Å²) in [6, 6.07) is 10.9. The van der Waals surface area contributed by atoms with Crippen LogP contribution in [0.25, 0.3) is 10.9 Å². The fourth-order valence-corrected chi connectivity index (χ4v) is 3.35. The van der Waals surface area contributed by atoms with Crippen molar-refractivity contribution in [3.05, 3.63) is 68.8 Å². The Morgan fingerprint density at radius 2 is 1.92 bits per heavy atom. The Bertz CT molecular complexity index is 934. The maximum absolute atomic E-state index is 11.9. The maximum Gasteiger partial charge on any atom is 0.337 e. The normalized spacial score (nSPS) is 11.0. The number of carbonyl (C=O) groups is 1. The summed E-state index contributed by atoms with van der Waals surface area (Å²) in [5.74, 6) is -0.369. The van der Waals surface area contributed by atoms with Gasteiger partial charge in [-0.15, -0.1) is 0 Å². The lowest BCUT2D eigenvalue weighted by Gasteiger charge is -2.08.